The van der Waals surface area contributed by atoms with Crippen LogP contribution in [0.1, 0.15) is 31.7 Å². The first kappa shape index (κ1) is 19.9. The van der Waals surface area contributed by atoms with Crippen LogP contribution in [0.2, 0.25) is 5.02 Å². The van der Waals surface area contributed by atoms with E-state index in [1.807, 2.05) is 4.57 Å². The van der Waals surface area contributed by atoms with E-state index in [-0.39, 0.29) is 23.5 Å². The van der Waals surface area contributed by atoms with Gasteiger partial charge in [-0.15, -0.1) is 10.2 Å². The molecule has 1 amide bonds. The molecule has 1 fully saturated rings. The fourth-order valence-corrected chi connectivity index (χ4v) is 4.49. The Balaban J connectivity index is 1.53. The van der Waals surface area contributed by atoms with Crippen molar-refractivity contribution in [1.82, 2.24) is 14.8 Å². The second-order valence-corrected chi connectivity index (χ2v) is 8.32. The van der Waals surface area contributed by atoms with Crippen LogP contribution in [-0.2, 0) is 4.79 Å². The first-order valence-corrected chi connectivity index (χ1v) is 10.9. The summed E-state index contributed by atoms with van der Waals surface area (Å²) < 4.78 is 16.4. The fraction of sp³-hybridized carbons (Fsp3) is 0.286. The van der Waals surface area contributed by atoms with Crippen molar-refractivity contribution in [3.63, 3.8) is 0 Å². The van der Waals surface area contributed by atoms with Gasteiger partial charge in [-0.1, -0.05) is 48.3 Å². The molecule has 1 heterocycles. The quantitative estimate of drug-likeness (QED) is 0.518. The van der Waals surface area contributed by atoms with Gasteiger partial charge in [0.15, 0.2) is 11.0 Å². The van der Waals surface area contributed by atoms with E-state index >= 15 is 0 Å². The molecule has 0 saturated heterocycles. The minimum Gasteiger partial charge on any atom is -0.325 e. The molecule has 1 aromatic heterocycles. The Kier molecular flexibility index (Phi) is 6.16. The zero-order valence-corrected chi connectivity index (χ0v) is 17.2. The van der Waals surface area contributed by atoms with Gasteiger partial charge in [-0.05, 0) is 49.2 Å². The van der Waals surface area contributed by atoms with Gasteiger partial charge < -0.3 is 5.32 Å². The van der Waals surface area contributed by atoms with Crippen molar-refractivity contribution in [3.05, 3.63) is 59.4 Å². The number of halogens is 2. The molecule has 5 nitrogen and oxygen atoms in total. The maximum atomic E-state index is 14.4. The lowest BCUT2D eigenvalue weighted by Gasteiger charge is -2.17. The minimum absolute atomic E-state index is 0.147. The first-order valence-electron chi connectivity index (χ1n) is 9.50. The third-order valence-electron chi connectivity index (χ3n) is 4.93. The molecule has 0 bridgehead atoms. The Labute approximate surface area is 177 Å². The van der Waals surface area contributed by atoms with Crippen LogP contribution >= 0.6 is 23.4 Å². The van der Waals surface area contributed by atoms with Crippen LogP contribution in [0.5, 0.6) is 0 Å². The molecule has 1 aliphatic rings. The summed E-state index contributed by atoms with van der Waals surface area (Å²) >= 11 is 7.19. The Hall–Kier alpha value is -2.38. The number of carbonyl (C=O) groups excluding carboxylic acids is 1. The molecule has 29 heavy (non-hydrogen) atoms. The van der Waals surface area contributed by atoms with Gasteiger partial charge >= 0.3 is 0 Å². The molecule has 0 radical (unpaired) electrons. The molecule has 8 heteroatoms. The number of hydrogen-bond donors (Lipinski definition) is 1. The summed E-state index contributed by atoms with van der Waals surface area (Å²) in [5, 5.41) is 12.6. The maximum Gasteiger partial charge on any atom is 0.234 e. The van der Waals surface area contributed by atoms with E-state index in [9.17, 15) is 9.18 Å². The summed E-state index contributed by atoms with van der Waals surface area (Å²) in [6, 6.07) is 13.8. The predicted molar refractivity (Wildman–Crippen MR) is 114 cm³/mol. The van der Waals surface area contributed by atoms with Gasteiger partial charge in [0.2, 0.25) is 5.91 Å². The highest BCUT2D eigenvalue weighted by molar-refractivity contribution is 7.99. The van der Waals surface area contributed by atoms with Gasteiger partial charge in [-0.2, -0.15) is 0 Å². The Morgan fingerprint density at radius 1 is 1.14 bits per heavy atom. The lowest BCUT2D eigenvalue weighted by atomic mass is 10.1. The van der Waals surface area contributed by atoms with E-state index < -0.39 is 0 Å². The summed E-state index contributed by atoms with van der Waals surface area (Å²) in [6.07, 6.45) is 4.26. The van der Waals surface area contributed by atoms with Crippen molar-refractivity contribution < 1.29 is 9.18 Å². The van der Waals surface area contributed by atoms with E-state index in [0.29, 0.717) is 27.3 Å². The van der Waals surface area contributed by atoms with E-state index in [0.717, 1.165) is 25.7 Å². The van der Waals surface area contributed by atoms with Crippen molar-refractivity contribution in [2.75, 3.05) is 11.1 Å². The van der Waals surface area contributed by atoms with Gasteiger partial charge in [0.1, 0.15) is 5.82 Å². The summed E-state index contributed by atoms with van der Waals surface area (Å²) in [4.78, 5) is 12.4. The molecule has 150 valence electrons. The molecule has 0 unspecified atom stereocenters. The number of nitrogens with zero attached hydrogens (tertiary/aromatic N) is 3. The largest absolute Gasteiger partial charge is 0.325 e. The molecule has 0 aliphatic heterocycles. The van der Waals surface area contributed by atoms with E-state index in [1.165, 1.54) is 17.8 Å². The van der Waals surface area contributed by atoms with E-state index in [1.54, 1.807) is 42.5 Å². The maximum absolute atomic E-state index is 14.4. The van der Waals surface area contributed by atoms with Crippen molar-refractivity contribution >= 4 is 35.0 Å². The van der Waals surface area contributed by atoms with Gasteiger partial charge in [-0.25, -0.2) is 4.39 Å². The average molecular weight is 431 g/mol. The number of hydrogen-bond acceptors (Lipinski definition) is 4. The van der Waals surface area contributed by atoms with Gasteiger partial charge in [-0.3, -0.25) is 9.36 Å². The number of anilines is 1. The SMILES string of the molecule is O=C(CSc1nnc(-c2ccccc2F)n1C1CCCC1)Nc1ccc(Cl)cc1. The topological polar surface area (TPSA) is 59.8 Å². The van der Waals surface area contributed by atoms with Gasteiger partial charge in [0, 0.05) is 16.8 Å². The molecule has 2 aromatic carbocycles. The number of rotatable bonds is 6. The monoisotopic (exact) mass is 430 g/mol. The van der Waals surface area contributed by atoms with Crippen LogP contribution in [0.4, 0.5) is 10.1 Å². The fourth-order valence-electron chi connectivity index (χ4n) is 3.55. The lowest BCUT2D eigenvalue weighted by Crippen LogP contribution is -2.15. The summed E-state index contributed by atoms with van der Waals surface area (Å²) in [5.41, 5.74) is 1.12. The summed E-state index contributed by atoms with van der Waals surface area (Å²) in [6.45, 7) is 0. The Morgan fingerprint density at radius 3 is 2.59 bits per heavy atom. The molecular weight excluding hydrogens is 411 g/mol. The van der Waals surface area contributed by atoms with Crippen LogP contribution in [0.3, 0.4) is 0 Å². The standard InChI is InChI=1S/C21H20ClFN4OS/c22-14-9-11-15(12-10-14)24-19(28)13-29-21-26-25-20(17-7-3-4-8-18(17)23)27(21)16-5-1-2-6-16/h3-4,7-12,16H,1-2,5-6,13H2,(H,24,28). The Bertz CT molecular complexity index is 1000. The first-order chi connectivity index (χ1) is 14.1. The van der Waals surface area contributed by atoms with E-state index in [4.69, 9.17) is 11.6 Å². The number of benzene rings is 2. The lowest BCUT2D eigenvalue weighted by molar-refractivity contribution is -0.113. The number of amides is 1. The van der Waals surface area contributed by atoms with Gasteiger partial charge in [0.25, 0.3) is 0 Å². The molecule has 1 aliphatic carbocycles. The second-order valence-electron chi connectivity index (χ2n) is 6.94. The normalized spacial score (nSPS) is 14.3. The summed E-state index contributed by atoms with van der Waals surface area (Å²) in [5.74, 6) is 0.239. The molecule has 3 aromatic rings. The van der Waals surface area contributed by atoms with Crippen LogP contribution in [0.25, 0.3) is 11.4 Å². The molecule has 1 saturated carbocycles. The third kappa shape index (κ3) is 4.62. The van der Waals surface area contributed by atoms with Crippen LogP contribution < -0.4 is 5.32 Å². The van der Waals surface area contributed by atoms with Crippen molar-refractivity contribution in [3.8, 4) is 11.4 Å². The molecular formula is C21H20ClFN4OS. The number of thioether (sulfide) groups is 1. The second kappa shape index (κ2) is 8.97. The summed E-state index contributed by atoms with van der Waals surface area (Å²) in [7, 11) is 0. The molecule has 0 spiro atoms. The van der Waals surface area contributed by atoms with Crippen molar-refractivity contribution in [1.29, 1.82) is 0 Å². The van der Waals surface area contributed by atoms with E-state index in [2.05, 4.69) is 15.5 Å². The molecule has 0 atom stereocenters. The highest BCUT2D eigenvalue weighted by atomic mass is 35.5. The third-order valence-corrected chi connectivity index (χ3v) is 6.12. The van der Waals surface area contributed by atoms with Crippen LogP contribution in [0, 0.1) is 5.82 Å². The number of carbonyl (C=O) groups is 1. The number of nitrogens with one attached hydrogen (secondary N) is 1. The van der Waals surface area contributed by atoms with Gasteiger partial charge in [0.05, 0.1) is 11.3 Å². The van der Waals surface area contributed by atoms with Crippen molar-refractivity contribution in [2.45, 2.75) is 36.9 Å². The Morgan fingerprint density at radius 2 is 1.86 bits per heavy atom. The predicted octanol–water partition coefficient (Wildman–Crippen LogP) is 5.58. The van der Waals surface area contributed by atoms with Crippen LogP contribution in [0.15, 0.2) is 53.7 Å². The molecule has 4 rings (SSSR count). The highest BCUT2D eigenvalue weighted by Gasteiger charge is 2.26. The zero-order chi connectivity index (χ0) is 20.2. The average Bonchev–Trinajstić information content (AvgIpc) is 3.38. The smallest absolute Gasteiger partial charge is 0.234 e. The van der Waals surface area contributed by atoms with Crippen LogP contribution in [-0.4, -0.2) is 26.4 Å². The zero-order valence-electron chi connectivity index (χ0n) is 15.6. The number of aromatic nitrogens is 3. The molecule has 1 N–H and O–H groups in total. The van der Waals surface area contributed by atoms with Crippen molar-refractivity contribution in [2.24, 2.45) is 0 Å². The minimum atomic E-state index is -0.323. The highest BCUT2D eigenvalue weighted by Crippen LogP contribution is 2.37.